The van der Waals surface area contributed by atoms with Gasteiger partial charge in [-0.3, -0.25) is 14.4 Å². The van der Waals surface area contributed by atoms with Crippen molar-refractivity contribution in [3.63, 3.8) is 0 Å². The van der Waals surface area contributed by atoms with Crippen molar-refractivity contribution < 1.29 is 34.5 Å². The summed E-state index contributed by atoms with van der Waals surface area (Å²) in [5.74, 6) is -3.82. The van der Waals surface area contributed by atoms with Gasteiger partial charge in [-0.15, -0.1) is 0 Å². The molecule has 0 saturated carbocycles. The monoisotopic (exact) mass is 336 g/mol. The number of carbonyl (C=O) groups excluding carboxylic acids is 1. The second-order valence-corrected chi connectivity index (χ2v) is 4.90. The Morgan fingerprint density at radius 2 is 1.48 bits per heavy atom. The average Bonchev–Trinajstić information content (AvgIpc) is 2.41. The summed E-state index contributed by atoms with van der Waals surface area (Å²) in [6, 6.07) is -0.979. The maximum Gasteiger partial charge on any atom is 0.338 e. The Labute approximate surface area is 132 Å². The molecule has 0 saturated heterocycles. The number of amides is 1. The molecule has 0 bridgehead atoms. The molecule has 0 aromatic heterocycles. The van der Waals surface area contributed by atoms with Crippen LogP contribution in [0.2, 0.25) is 0 Å². The normalized spacial score (nSPS) is 11.8. The number of nitrogens with two attached hydrogens (primary N) is 4. The highest BCUT2D eigenvalue weighted by atomic mass is 16.4. The van der Waals surface area contributed by atoms with E-state index >= 15 is 0 Å². The second kappa shape index (κ2) is 11.3. The van der Waals surface area contributed by atoms with Gasteiger partial charge in [-0.25, -0.2) is 4.79 Å². The van der Waals surface area contributed by atoms with Crippen LogP contribution in [-0.4, -0.2) is 50.8 Å². The van der Waals surface area contributed by atoms with Gasteiger partial charge in [-0.2, -0.15) is 0 Å². The van der Waals surface area contributed by atoms with Crippen LogP contribution in [0, 0.1) is 0 Å². The Hall–Kier alpha value is -2.24. The average molecular weight is 336 g/mol. The summed E-state index contributed by atoms with van der Waals surface area (Å²) in [7, 11) is 0. The SMILES string of the molecule is NC(=O)CC[C@H](N)C(=O)O.NC(N)(CCCCC(=O)O)C(=O)O. The van der Waals surface area contributed by atoms with E-state index in [4.69, 9.17) is 38.3 Å². The molecule has 0 aliphatic heterocycles. The standard InChI is InChI=1S/C7H14N2O4.C5H10N2O3/c8-7(9,6(12)13)4-2-1-3-5(10)11;6-3(5(9)10)1-2-4(7)8/h1-4,8-9H2,(H,10,11)(H,12,13);3H,1-2,6H2,(H2,7,8)(H,9,10)/t;3-/m.0/s1. The zero-order valence-corrected chi connectivity index (χ0v) is 12.6. The van der Waals surface area contributed by atoms with Crippen LogP contribution in [-0.2, 0) is 19.2 Å². The lowest BCUT2D eigenvalue weighted by Crippen LogP contribution is -2.56. The molecule has 11 heteroatoms. The van der Waals surface area contributed by atoms with Crippen LogP contribution < -0.4 is 22.9 Å². The fourth-order valence-electron chi connectivity index (χ4n) is 1.22. The summed E-state index contributed by atoms with van der Waals surface area (Å²) in [5, 5.41) is 25.0. The summed E-state index contributed by atoms with van der Waals surface area (Å²) in [4.78, 5) is 40.6. The third kappa shape index (κ3) is 14.5. The Balaban J connectivity index is 0. The Morgan fingerprint density at radius 1 is 0.957 bits per heavy atom. The van der Waals surface area contributed by atoms with Crippen molar-refractivity contribution in [3.05, 3.63) is 0 Å². The maximum absolute atomic E-state index is 10.4. The number of carboxylic acid groups (broad SMARTS) is 3. The molecule has 11 N–H and O–H groups in total. The lowest BCUT2D eigenvalue weighted by atomic mass is 10.0. The number of aliphatic carboxylic acids is 3. The van der Waals surface area contributed by atoms with E-state index in [2.05, 4.69) is 0 Å². The molecule has 11 nitrogen and oxygen atoms in total. The van der Waals surface area contributed by atoms with Gasteiger partial charge in [0.05, 0.1) is 0 Å². The fourth-order valence-corrected chi connectivity index (χ4v) is 1.22. The predicted molar refractivity (Wildman–Crippen MR) is 78.9 cm³/mol. The van der Waals surface area contributed by atoms with Gasteiger partial charge >= 0.3 is 17.9 Å². The minimum absolute atomic E-state index is 0.00962. The molecule has 0 aliphatic carbocycles. The number of carbonyl (C=O) groups is 4. The molecule has 0 radical (unpaired) electrons. The van der Waals surface area contributed by atoms with Gasteiger partial charge in [0.25, 0.3) is 0 Å². The van der Waals surface area contributed by atoms with Crippen LogP contribution in [0.5, 0.6) is 0 Å². The van der Waals surface area contributed by atoms with Crippen LogP contribution in [0.1, 0.15) is 38.5 Å². The largest absolute Gasteiger partial charge is 0.481 e. The van der Waals surface area contributed by atoms with Crippen molar-refractivity contribution in [2.24, 2.45) is 22.9 Å². The molecule has 134 valence electrons. The van der Waals surface area contributed by atoms with Gasteiger partial charge in [-0.05, 0) is 25.7 Å². The molecule has 0 heterocycles. The van der Waals surface area contributed by atoms with Crippen LogP contribution in [0.4, 0.5) is 0 Å². The predicted octanol–water partition coefficient (Wildman–Crippen LogP) is -2.01. The zero-order chi connectivity index (χ0) is 18.6. The van der Waals surface area contributed by atoms with E-state index in [9.17, 15) is 19.2 Å². The highest BCUT2D eigenvalue weighted by Gasteiger charge is 2.27. The van der Waals surface area contributed by atoms with Gasteiger partial charge in [0.15, 0.2) is 5.66 Å². The highest BCUT2D eigenvalue weighted by molar-refractivity contribution is 5.77. The molecule has 23 heavy (non-hydrogen) atoms. The van der Waals surface area contributed by atoms with E-state index in [1.165, 1.54) is 0 Å². The molecule has 1 amide bonds. The summed E-state index contributed by atoms with van der Waals surface area (Å²) in [6.45, 7) is 0. The first-order valence-corrected chi connectivity index (χ1v) is 6.69. The highest BCUT2D eigenvalue weighted by Crippen LogP contribution is 2.07. The molecule has 0 aromatic rings. The van der Waals surface area contributed by atoms with Gasteiger partial charge in [0.2, 0.25) is 5.91 Å². The summed E-state index contributed by atoms with van der Waals surface area (Å²) in [6.07, 6.45) is 0.994. The van der Waals surface area contributed by atoms with E-state index in [1.807, 2.05) is 0 Å². The summed E-state index contributed by atoms with van der Waals surface area (Å²) < 4.78 is 0. The molecule has 0 rings (SSSR count). The molecule has 0 aliphatic rings. The van der Waals surface area contributed by atoms with Crippen molar-refractivity contribution in [2.45, 2.75) is 50.2 Å². The fraction of sp³-hybridized carbons (Fsp3) is 0.667. The van der Waals surface area contributed by atoms with Crippen molar-refractivity contribution in [1.29, 1.82) is 0 Å². The lowest BCUT2D eigenvalue weighted by molar-refractivity contribution is -0.143. The quantitative estimate of drug-likeness (QED) is 0.171. The zero-order valence-electron chi connectivity index (χ0n) is 12.6. The molecular formula is C12H24N4O7. The minimum Gasteiger partial charge on any atom is -0.481 e. The lowest BCUT2D eigenvalue weighted by Gasteiger charge is -2.18. The topological polar surface area (TPSA) is 233 Å². The third-order valence-electron chi connectivity index (χ3n) is 2.65. The van der Waals surface area contributed by atoms with Crippen LogP contribution in [0.3, 0.4) is 0 Å². The Bertz CT molecular complexity index is 426. The first-order chi connectivity index (χ1) is 10.4. The van der Waals surface area contributed by atoms with Crippen molar-refractivity contribution >= 4 is 23.8 Å². The molecule has 0 aromatic carbocycles. The smallest absolute Gasteiger partial charge is 0.338 e. The number of primary amides is 1. The van der Waals surface area contributed by atoms with Gasteiger partial charge in [-0.1, -0.05) is 0 Å². The van der Waals surface area contributed by atoms with Crippen LogP contribution in [0.15, 0.2) is 0 Å². The van der Waals surface area contributed by atoms with Crippen molar-refractivity contribution in [3.8, 4) is 0 Å². The van der Waals surface area contributed by atoms with Crippen LogP contribution in [0.25, 0.3) is 0 Å². The number of unbranched alkanes of at least 4 members (excludes halogenated alkanes) is 1. The Morgan fingerprint density at radius 3 is 1.83 bits per heavy atom. The van der Waals surface area contributed by atoms with E-state index in [1.54, 1.807) is 0 Å². The number of rotatable bonds is 10. The molecule has 0 unspecified atom stereocenters. The molecule has 0 spiro atoms. The van der Waals surface area contributed by atoms with E-state index in [-0.39, 0.29) is 25.7 Å². The number of hydrogen-bond donors (Lipinski definition) is 7. The molecule has 1 atom stereocenters. The summed E-state index contributed by atoms with van der Waals surface area (Å²) >= 11 is 0. The number of hydrogen-bond acceptors (Lipinski definition) is 7. The van der Waals surface area contributed by atoms with Gasteiger partial charge < -0.3 is 38.3 Å². The maximum atomic E-state index is 10.4. The first-order valence-electron chi connectivity index (χ1n) is 6.69. The van der Waals surface area contributed by atoms with Gasteiger partial charge in [0, 0.05) is 12.8 Å². The van der Waals surface area contributed by atoms with Crippen molar-refractivity contribution in [1.82, 2.24) is 0 Å². The van der Waals surface area contributed by atoms with Crippen molar-refractivity contribution in [2.75, 3.05) is 0 Å². The molecular weight excluding hydrogens is 312 g/mol. The minimum atomic E-state index is -1.74. The van der Waals surface area contributed by atoms with E-state index in [0.717, 1.165) is 0 Å². The van der Waals surface area contributed by atoms with Crippen LogP contribution >= 0.6 is 0 Å². The Kier molecular flexibility index (Phi) is 11.4. The second-order valence-electron chi connectivity index (χ2n) is 4.90. The van der Waals surface area contributed by atoms with E-state index < -0.39 is 35.5 Å². The van der Waals surface area contributed by atoms with Gasteiger partial charge in [0.1, 0.15) is 6.04 Å². The third-order valence-corrected chi connectivity index (χ3v) is 2.65. The molecule has 0 fully saturated rings. The first kappa shape index (κ1) is 23.0. The summed E-state index contributed by atoms with van der Waals surface area (Å²) in [5.41, 5.74) is 18.5. The van der Waals surface area contributed by atoms with E-state index in [0.29, 0.717) is 12.8 Å². The number of carboxylic acids is 3.